The minimum absolute atomic E-state index is 0.484. The Morgan fingerprint density at radius 2 is 1.64 bits per heavy atom. The van der Waals surface area contributed by atoms with Gasteiger partial charge < -0.3 is 26.2 Å². The number of amides is 1. The number of aliphatic hydroxyl groups excluding tert-OH is 2. The van der Waals surface area contributed by atoms with Crippen LogP contribution in [0.3, 0.4) is 0 Å². The summed E-state index contributed by atoms with van der Waals surface area (Å²) in [5.74, 6) is 0.319. The summed E-state index contributed by atoms with van der Waals surface area (Å²) in [6, 6.07) is 7.06. The molecule has 0 bridgehead atoms. The second-order valence-corrected chi connectivity index (χ2v) is 5.59. The van der Waals surface area contributed by atoms with E-state index in [0.29, 0.717) is 30.5 Å². The van der Waals surface area contributed by atoms with Crippen LogP contribution >= 0.6 is 23.2 Å². The van der Waals surface area contributed by atoms with Crippen LogP contribution in [0.1, 0.15) is 0 Å². The molecule has 1 rings (SSSR count). The zero-order valence-corrected chi connectivity index (χ0v) is 13.6. The van der Waals surface area contributed by atoms with Crippen molar-refractivity contribution in [3.63, 3.8) is 0 Å². The second-order valence-electron chi connectivity index (χ2n) is 4.84. The van der Waals surface area contributed by atoms with Crippen molar-refractivity contribution < 1.29 is 15.0 Å². The molecular formula is C14H21Cl2N3O3. The fraction of sp³-hybridized carbons (Fsp3) is 0.500. The summed E-state index contributed by atoms with van der Waals surface area (Å²) in [7, 11) is 0. The van der Waals surface area contributed by atoms with Gasteiger partial charge in [0.1, 0.15) is 5.54 Å². The Bertz CT molecular complexity index is 461. The van der Waals surface area contributed by atoms with Crippen LogP contribution in [0.5, 0.6) is 0 Å². The molecule has 0 aliphatic rings. The summed E-state index contributed by atoms with van der Waals surface area (Å²) in [6.07, 6.45) is 0. The molecule has 0 saturated heterocycles. The van der Waals surface area contributed by atoms with Crippen LogP contribution in [0, 0.1) is 0 Å². The van der Waals surface area contributed by atoms with E-state index in [-0.39, 0.29) is 0 Å². The fourth-order valence-electron chi connectivity index (χ4n) is 1.78. The van der Waals surface area contributed by atoms with Crippen LogP contribution in [0.15, 0.2) is 24.3 Å². The maximum absolute atomic E-state index is 11.9. The van der Waals surface area contributed by atoms with Crippen molar-refractivity contribution in [2.24, 2.45) is 5.73 Å². The highest BCUT2D eigenvalue weighted by Gasteiger charge is 2.32. The van der Waals surface area contributed by atoms with E-state index >= 15 is 0 Å². The number of hydrogen-bond donors (Lipinski definition) is 4. The van der Waals surface area contributed by atoms with Gasteiger partial charge in [0.25, 0.3) is 0 Å². The number of nitrogens with two attached hydrogens (primary N) is 1. The number of benzene rings is 1. The van der Waals surface area contributed by atoms with Crippen molar-refractivity contribution >= 4 is 40.5 Å². The van der Waals surface area contributed by atoms with Gasteiger partial charge in [-0.05, 0) is 24.3 Å². The van der Waals surface area contributed by atoms with Gasteiger partial charge in [0.15, 0.2) is 0 Å². The summed E-state index contributed by atoms with van der Waals surface area (Å²) in [5.41, 5.74) is 5.34. The molecule has 0 fully saturated rings. The number of nitrogens with zero attached hydrogens (tertiary/aromatic N) is 1. The predicted molar refractivity (Wildman–Crippen MR) is 89.8 cm³/mol. The Balaban J connectivity index is 2.78. The van der Waals surface area contributed by atoms with E-state index in [1.54, 1.807) is 12.1 Å². The molecule has 8 heteroatoms. The lowest BCUT2D eigenvalue weighted by Gasteiger charge is -2.24. The van der Waals surface area contributed by atoms with Gasteiger partial charge in [-0.15, -0.1) is 23.2 Å². The van der Waals surface area contributed by atoms with Crippen LogP contribution in [-0.2, 0) is 4.79 Å². The molecular weight excluding hydrogens is 329 g/mol. The number of alkyl halides is 2. The Morgan fingerprint density at radius 1 is 1.14 bits per heavy atom. The molecule has 0 aliphatic carbocycles. The average Bonchev–Trinajstić information content (AvgIpc) is 2.54. The van der Waals surface area contributed by atoms with E-state index in [4.69, 9.17) is 39.1 Å². The highest BCUT2D eigenvalue weighted by molar-refractivity contribution is 6.18. The number of anilines is 2. The number of carbonyl (C=O) groups is 1. The third-order valence-electron chi connectivity index (χ3n) is 3.22. The summed E-state index contributed by atoms with van der Waals surface area (Å²) >= 11 is 11.5. The van der Waals surface area contributed by atoms with Gasteiger partial charge in [-0.25, -0.2) is 0 Å². The average molecular weight is 350 g/mol. The lowest BCUT2D eigenvalue weighted by molar-refractivity contribution is -0.124. The number of rotatable bonds is 9. The molecule has 5 N–H and O–H groups in total. The maximum Gasteiger partial charge on any atom is 0.249 e. The van der Waals surface area contributed by atoms with Crippen LogP contribution in [0.4, 0.5) is 11.4 Å². The normalized spacial score (nSPS) is 11.3. The first-order chi connectivity index (χ1) is 10.5. The lowest BCUT2D eigenvalue weighted by Crippen LogP contribution is -2.57. The van der Waals surface area contributed by atoms with Crippen LogP contribution in [-0.4, -0.2) is 59.7 Å². The van der Waals surface area contributed by atoms with Crippen molar-refractivity contribution in [1.82, 2.24) is 0 Å². The highest BCUT2D eigenvalue weighted by Crippen LogP contribution is 2.19. The quantitative estimate of drug-likeness (QED) is 0.489. The molecule has 0 heterocycles. The van der Waals surface area contributed by atoms with Gasteiger partial charge in [-0.3, -0.25) is 4.79 Å². The van der Waals surface area contributed by atoms with Gasteiger partial charge >= 0.3 is 0 Å². The molecule has 0 aromatic heterocycles. The zero-order chi connectivity index (χ0) is 16.6. The van der Waals surface area contributed by atoms with Crippen LogP contribution in [0.25, 0.3) is 0 Å². The first-order valence-electron chi connectivity index (χ1n) is 6.79. The number of nitrogens with one attached hydrogen (secondary N) is 1. The van der Waals surface area contributed by atoms with Crippen LogP contribution in [0.2, 0.25) is 0 Å². The molecule has 0 radical (unpaired) electrons. The minimum atomic E-state index is -1.71. The number of carbonyl (C=O) groups excluding carboxylic acids is 1. The summed E-state index contributed by atoms with van der Waals surface area (Å²) < 4.78 is 0. The van der Waals surface area contributed by atoms with Gasteiger partial charge in [0.05, 0.1) is 13.2 Å². The lowest BCUT2D eigenvalue weighted by atomic mass is 10.0. The molecule has 124 valence electrons. The number of aliphatic hydroxyl groups is 2. The van der Waals surface area contributed by atoms with Gasteiger partial charge in [-0.1, -0.05) is 0 Å². The first kappa shape index (κ1) is 19.0. The van der Waals surface area contributed by atoms with E-state index in [2.05, 4.69) is 5.32 Å². The van der Waals surface area contributed by atoms with Gasteiger partial charge in [-0.2, -0.15) is 0 Å². The van der Waals surface area contributed by atoms with E-state index in [9.17, 15) is 4.79 Å². The van der Waals surface area contributed by atoms with Crippen molar-refractivity contribution in [2.45, 2.75) is 5.54 Å². The third kappa shape index (κ3) is 5.00. The van der Waals surface area contributed by atoms with E-state index < -0.39 is 24.7 Å². The molecule has 0 saturated carbocycles. The number of hydrogen-bond acceptors (Lipinski definition) is 5. The molecule has 0 atom stereocenters. The van der Waals surface area contributed by atoms with E-state index in [1.807, 2.05) is 17.0 Å². The minimum Gasteiger partial charge on any atom is -0.394 e. The molecule has 6 nitrogen and oxygen atoms in total. The molecule has 1 aromatic rings. The molecule has 1 amide bonds. The van der Waals surface area contributed by atoms with Gasteiger partial charge in [0.2, 0.25) is 5.91 Å². The monoisotopic (exact) mass is 349 g/mol. The Morgan fingerprint density at radius 3 is 2.05 bits per heavy atom. The smallest absolute Gasteiger partial charge is 0.249 e. The van der Waals surface area contributed by atoms with Crippen molar-refractivity contribution in [1.29, 1.82) is 0 Å². The van der Waals surface area contributed by atoms with Crippen molar-refractivity contribution in [3.8, 4) is 0 Å². The molecule has 0 aliphatic heterocycles. The van der Waals surface area contributed by atoms with Crippen molar-refractivity contribution in [2.75, 3.05) is 48.3 Å². The van der Waals surface area contributed by atoms with Crippen molar-refractivity contribution in [3.05, 3.63) is 24.3 Å². The summed E-state index contributed by atoms with van der Waals surface area (Å²) in [6.45, 7) is 0.0428. The largest absolute Gasteiger partial charge is 0.394 e. The first-order valence-corrected chi connectivity index (χ1v) is 7.86. The molecule has 22 heavy (non-hydrogen) atoms. The molecule has 1 aromatic carbocycles. The third-order valence-corrected chi connectivity index (χ3v) is 3.55. The second kappa shape index (κ2) is 9.17. The fourth-order valence-corrected chi connectivity index (χ4v) is 2.19. The van der Waals surface area contributed by atoms with Crippen LogP contribution < -0.4 is 16.0 Å². The zero-order valence-electron chi connectivity index (χ0n) is 12.1. The summed E-state index contributed by atoms with van der Waals surface area (Å²) in [5, 5.41) is 20.7. The number of halogens is 2. The predicted octanol–water partition coefficient (Wildman–Crippen LogP) is 0.591. The Labute approximate surface area is 139 Å². The topological polar surface area (TPSA) is 98.8 Å². The SMILES string of the molecule is NC(CO)(CO)C(=O)Nc1ccc(N(CCCl)CCCl)cc1. The highest BCUT2D eigenvalue weighted by atomic mass is 35.5. The maximum atomic E-state index is 11.9. The van der Waals surface area contributed by atoms with E-state index in [1.165, 1.54) is 0 Å². The summed E-state index contributed by atoms with van der Waals surface area (Å²) in [4.78, 5) is 13.9. The Kier molecular flexibility index (Phi) is 7.92. The Hall–Kier alpha value is -1.05. The van der Waals surface area contributed by atoms with Gasteiger partial charge in [0, 0.05) is 36.2 Å². The molecule has 0 unspecified atom stereocenters. The standard InChI is InChI=1S/C14H21Cl2N3O3/c15-5-7-19(8-6-16)12-3-1-11(2-4-12)18-13(22)14(17,9-20)10-21/h1-4,20-21H,5-10,17H2,(H,18,22). The van der Waals surface area contributed by atoms with E-state index in [0.717, 1.165) is 5.69 Å². The molecule has 0 spiro atoms.